The average molecular weight is 548 g/mol. The number of carbonyl (C=O) groups excluding carboxylic acids is 1. The van der Waals surface area contributed by atoms with Crippen LogP contribution >= 0.6 is 11.6 Å². The molecule has 0 aliphatic heterocycles. The molecule has 6 nitrogen and oxygen atoms in total. The van der Waals surface area contributed by atoms with Gasteiger partial charge in [0.25, 0.3) is 0 Å². The molecular weight excluding hydrogens is 517 g/mol. The number of halogens is 2. The Kier molecular flexibility index (Phi) is 9.21. The maximum Gasteiger partial charge on any atom is 0.407 e. The van der Waals surface area contributed by atoms with Crippen LogP contribution in [0.1, 0.15) is 38.3 Å². The molecule has 0 heterocycles. The lowest BCUT2D eigenvalue weighted by atomic mass is 10.1. The standard InChI is InChI=1S/C28H31ClFNO5S/c1-28(2,3)36-27(32)31-14-6-9-19-7-5-8-20(15-19)18-37(33,34)26-16-21(10-13-25(26)35-4)23-17-22(30)11-12-24(23)29/h5,7-8,10-13,15-17H,6,9,14,18H2,1-4H3,(H,31,32). The van der Waals surface area contributed by atoms with E-state index in [4.69, 9.17) is 21.1 Å². The fourth-order valence-corrected chi connectivity index (χ4v) is 5.54. The van der Waals surface area contributed by atoms with Gasteiger partial charge in [-0.25, -0.2) is 17.6 Å². The molecule has 1 amide bonds. The highest BCUT2D eigenvalue weighted by molar-refractivity contribution is 7.90. The van der Waals surface area contributed by atoms with Crippen LogP contribution in [0.15, 0.2) is 65.6 Å². The third kappa shape index (κ3) is 8.20. The smallest absolute Gasteiger partial charge is 0.407 e. The van der Waals surface area contributed by atoms with Gasteiger partial charge in [0.15, 0.2) is 9.84 Å². The first-order valence-corrected chi connectivity index (χ1v) is 13.8. The van der Waals surface area contributed by atoms with Gasteiger partial charge in [0, 0.05) is 17.1 Å². The molecule has 0 unspecified atom stereocenters. The minimum absolute atomic E-state index is 0.000193. The lowest BCUT2D eigenvalue weighted by molar-refractivity contribution is 0.0527. The first-order valence-electron chi connectivity index (χ1n) is 11.8. The van der Waals surface area contributed by atoms with Crippen LogP contribution in [0.4, 0.5) is 9.18 Å². The quantitative estimate of drug-likeness (QED) is 0.306. The Balaban J connectivity index is 1.74. The second kappa shape index (κ2) is 12.0. The Morgan fingerprint density at radius 2 is 1.76 bits per heavy atom. The maximum absolute atomic E-state index is 13.8. The van der Waals surface area contributed by atoms with Crippen molar-refractivity contribution in [2.24, 2.45) is 0 Å². The van der Waals surface area contributed by atoms with E-state index < -0.39 is 27.3 Å². The molecule has 1 N–H and O–H groups in total. The Morgan fingerprint density at radius 3 is 2.46 bits per heavy atom. The molecule has 3 aromatic carbocycles. The molecule has 0 bridgehead atoms. The third-order valence-electron chi connectivity index (χ3n) is 5.40. The predicted molar refractivity (Wildman–Crippen MR) is 143 cm³/mol. The zero-order valence-electron chi connectivity index (χ0n) is 21.3. The molecule has 0 saturated carbocycles. The van der Waals surface area contributed by atoms with Crippen molar-refractivity contribution in [3.63, 3.8) is 0 Å². The minimum Gasteiger partial charge on any atom is -0.495 e. The number of alkyl carbamates (subject to hydrolysis) is 1. The van der Waals surface area contributed by atoms with E-state index >= 15 is 0 Å². The van der Waals surface area contributed by atoms with Crippen LogP contribution in [-0.4, -0.2) is 33.8 Å². The fourth-order valence-electron chi connectivity index (χ4n) is 3.78. The molecule has 0 atom stereocenters. The number of nitrogens with one attached hydrogen (secondary N) is 1. The van der Waals surface area contributed by atoms with Crippen molar-refractivity contribution in [3.8, 4) is 16.9 Å². The number of carbonyl (C=O) groups is 1. The molecule has 0 fully saturated rings. The monoisotopic (exact) mass is 547 g/mol. The number of hydrogen-bond acceptors (Lipinski definition) is 5. The van der Waals surface area contributed by atoms with Gasteiger partial charge >= 0.3 is 6.09 Å². The zero-order chi connectivity index (χ0) is 27.2. The van der Waals surface area contributed by atoms with Crippen molar-refractivity contribution in [2.45, 2.75) is 49.9 Å². The van der Waals surface area contributed by atoms with Crippen molar-refractivity contribution in [1.82, 2.24) is 5.32 Å². The highest BCUT2D eigenvalue weighted by Crippen LogP contribution is 2.35. The SMILES string of the molecule is COc1ccc(-c2cc(F)ccc2Cl)cc1S(=O)(=O)Cc1cccc(CCCNC(=O)OC(C)(C)C)c1. The van der Waals surface area contributed by atoms with Gasteiger partial charge in [-0.3, -0.25) is 0 Å². The van der Waals surface area contributed by atoms with Gasteiger partial charge in [0.05, 0.1) is 12.9 Å². The molecular formula is C28H31ClFNO5S. The number of amides is 1. The van der Waals surface area contributed by atoms with Crippen molar-refractivity contribution in [1.29, 1.82) is 0 Å². The number of aryl methyl sites for hydroxylation is 1. The van der Waals surface area contributed by atoms with E-state index in [0.717, 1.165) is 5.56 Å². The van der Waals surface area contributed by atoms with E-state index in [-0.39, 0.29) is 16.4 Å². The molecule has 9 heteroatoms. The number of ether oxygens (including phenoxy) is 2. The van der Waals surface area contributed by atoms with Crippen molar-refractivity contribution in [2.75, 3.05) is 13.7 Å². The Bertz CT molecular complexity index is 1370. The summed E-state index contributed by atoms with van der Waals surface area (Å²) in [6.07, 6.45) is 0.850. The van der Waals surface area contributed by atoms with Crippen LogP contribution < -0.4 is 10.1 Å². The van der Waals surface area contributed by atoms with Crippen molar-refractivity contribution >= 4 is 27.5 Å². The van der Waals surface area contributed by atoms with Gasteiger partial charge in [-0.1, -0.05) is 41.9 Å². The van der Waals surface area contributed by atoms with Crippen LogP contribution in [0, 0.1) is 5.82 Å². The first kappa shape index (κ1) is 28.5. The highest BCUT2D eigenvalue weighted by Gasteiger charge is 2.22. The summed E-state index contributed by atoms with van der Waals surface area (Å²) in [5, 5.41) is 3.03. The normalized spacial score (nSPS) is 11.7. The molecule has 0 aromatic heterocycles. The first-order chi connectivity index (χ1) is 17.4. The third-order valence-corrected chi connectivity index (χ3v) is 7.43. The summed E-state index contributed by atoms with van der Waals surface area (Å²) in [4.78, 5) is 11.8. The second-order valence-corrected chi connectivity index (χ2v) is 12.0. The fraction of sp³-hybridized carbons (Fsp3) is 0.321. The predicted octanol–water partition coefficient (Wildman–Crippen LogP) is 6.59. The molecule has 0 aliphatic rings. The van der Waals surface area contributed by atoms with E-state index in [1.165, 1.54) is 37.4 Å². The van der Waals surface area contributed by atoms with Crippen molar-refractivity contribution < 1.29 is 27.1 Å². The summed E-state index contributed by atoms with van der Waals surface area (Å²) < 4.78 is 51.2. The molecule has 0 saturated heterocycles. The topological polar surface area (TPSA) is 81.7 Å². The van der Waals surface area contributed by atoms with Crippen LogP contribution in [0.3, 0.4) is 0 Å². The second-order valence-electron chi connectivity index (χ2n) is 9.60. The van der Waals surface area contributed by atoms with E-state index in [9.17, 15) is 17.6 Å². The Morgan fingerprint density at radius 1 is 1.03 bits per heavy atom. The van der Waals surface area contributed by atoms with E-state index in [1.54, 1.807) is 32.9 Å². The number of benzene rings is 3. The van der Waals surface area contributed by atoms with E-state index in [1.807, 2.05) is 18.2 Å². The van der Waals surface area contributed by atoms with Crippen LogP contribution in [0.25, 0.3) is 11.1 Å². The van der Waals surface area contributed by atoms with Crippen molar-refractivity contribution in [3.05, 3.63) is 82.6 Å². The van der Waals surface area contributed by atoms with Gasteiger partial charge in [0.1, 0.15) is 22.1 Å². The molecule has 0 spiro atoms. The van der Waals surface area contributed by atoms with E-state index in [2.05, 4.69) is 5.32 Å². The Labute approximate surface area is 222 Å². The van der Waals surface area contributed by atoms with Gasteiger partial charge in [-0.15, -0.1) is 0 Å². The number of rotatable bonds is 9. The molecule has 198 valence electrons. The van der Waals surface area contributed by atoms with Gasteiger partial charge in [-0.05, 0) is 80.6 Å². The zero-order valence-corrected chi connectivity index (χ0v) is 22.9. The summed E-state index contributed by atoms with van der Waals surface area (Å²) >= 11 is 6.24. The largest absolute Gasteiger partial charge is 0.495 e. The lowest BCUT2D eigenvalue weighted by Crippen LogP contribution is -2.33. The average Bonchev–Trinajstić information content (AvgIpc) is 2.82. The van der Waals surface area contributed by atoms with Crippen LogP contribution in [-0.2, 0) is 26.7 Å². The van der Waals surface area contributed by atoms with Gasteiger partial charge in [0.2, 0.25) is 0 Å². The number of sulfone groups is 1. The summed E-state index contributed by atoms with van der Waals surface area (Å²) in [6.45, 7) is 5.84. The summed E-state index contributed by atoms with van der Waals surface area (Å²) in [5.74, 6) is -0.522. The summed E-state index contributed by atoms with van der Waals surface area (Å²) in [6, 6.07) is 15.9. The van der Waals surface area contributed by atoms with Crippen LogP contribution in [0.5, 0.6) is 5.75 Å². The number of hydrogen-bond donors (Lipinski definition) is 1. The molecule has 0 radical (unpaired) electrons. The van der Waals surface area contributed by atoms with Gasteiger partial charge < -0.3 is 14.8 Å². The molecule has 3 aromatic rings. The highest BCUT2D eigenvalue weighted by atomic mass is 35.5. The minimum atomic E-state index is -3.82. The summed E-state index contributed by atoms with van der Waals surface area (Å²) in [5.41, 5.74) is 1.87. The maximum atomic E-state index is 13.8. The Hall–Kier alpha value is -3.10. The van der Waals surface area contributed by atoms with E-state index in [0.29, 0.717) is 41.1 Å². The summed E-state index contributed by atoms with van der Waals surface area (Å²) in [7, 11) is -2.42. The molecule has 37 heavy (non-hydrogen) atoms. The van der Waals surface area contributed by atoms with Gasteiger partial charge in [-0.2, -0.15) is 0 Å². The van der Waals surface area contributed by atoms with Crippen LogP contribution in [0.2, 0.25) is 5.02 Å². The molecule has 0 aliphatic carbocycles. The number of methoxy groups -OCH3 is 1. The lowest BCUT2D eigenvalue weighted by Gasteiger charge is -2.19. The molecule has 3 rings (SSSR count).